The second-order valence-electron chi connectivity index (χ2n) is 9.44. The molecule has 35 heavy (non-hydrogen) atoms. The summed E-state index contributed by atoms with van der Waals surface area (Å²) in [5.74, 6) is 0.339. The standard InChI is InChI=1S/C27H32N2O5S/c1-17(2)24(14-25(30)29-11-12-35-16-18(29)13-26(31)32)28-27(33)34-15-23-21-9-5-3-7-19(21)20-8-4-6-10-22(20)23/h3-10,17-18,23-24H,11-16H2,1-2H3,(H,28,33)(H,31,32)/t18?,24-/m1/s1. The summed E-state index contributed by atoms with van der Waals surface area (Å²) in [5.41, 5.74) is 4.62. The Hall–Kier alpha value is -3.00. The van der Waals surface area contributed by atoms with E-state index in [1.54, 1.807) is 16.7 Å². The molecule has 0 aromatic heterocycles. The first-order valence-electron chi connectivity index (χ1n) is 12.1. The lowest BCUT2D eigenvalue weighted by molar-refractivity contribution is -0.140. The Morgan fingerprint density at radius 1 is 1.09 bits per heavy atom. The number of fused-ring (bicyclic) bond motifs is 3. The molecule has 0 saturated carbocycles. The van der Waals surface area contributed by atoms with Crippen LogP contribution in [0.2, 0.25) is 0 Å². The maximum atomic E-state index is 13.1. The van der Waals surface area contributed by atoms with E-state index in [1.807, 2.05) is 38.1 Å². The molecule has 186 valence electrons. The first-order chi connectivity index (χ1) is 16.8. The van der Waals surface area contributed by atoms with E-state index in [2.05, 4.69) is 29.6 Å². The van der Waals surface area contributed by atoms with Crippen molar-refractivity contribution in [3.05, 3.63) is 59.7 Å². The lowest BCUT2D eigenvalue weighted by atomic mass is 9.98. The number of carbonyl (C=O) groups is 3. The molecule has 1 unspecified atom stereocenters. The Labute approximate surface area is 210 Å². The van der Waals surface area contributed by atoms with Gasteiger partial charge >= 0.3 is 12.1 Å². The Balaban J connectivity index is 1.37. The summed E-state index contributed by atoms with van der Waals surface area (Å²) in [7, 11) is 0. The van der Waals surface area contributed by atoms with E-state index >= 15 is 0 Å². The van der Waals surface area contributed by atoms with Gasteiger partial charge < -0.3 is 20.1 Å². The van der Waals surface area contributed by atoms with Gasteiger partial charge in [-0.2, -0.15) is 11.8 Å². The second-order valence-corrected chi connectivity index (χ2v) is 10.6. The van der Waals surface area contributed by atoms with Crippen LogP contribution in [0.3, 0.4) is 0 Å². The largest absolute Gasteiger partial charge is 0.481 e. The molecule has 2 amide bonds. The van der Waals surface area contributed by atoms with Gasteiger partial charge in [-0.25, -0.2) is 4.79 Å². The van der Waals surface area contributed by atoms with Crippen LogP contribution in [0.5, 0.6) is 0 Å². The van der Waals surface area contributed by atoms with Crippen molar-refractivity contribution in [3.63, 3.8) is 0 Å². The highest BCUT2D eigenvalue weighted by molar-refractivity contribution is 7.99. The van der Waals surface area contributed by atoms with Gasteiger partial charge in [-0.3, -0.25) is 9.59 Å². The van der Waals surface area contributed by atoms with Gasteiger partial charge in [0.25, 0.3) is 0 Å². The van der Waals surface area contributed by atoms with Crippen molar-refractivity contribution in [2.75, 3.05) is 24.7 Å². The third-order valence-electron chi connectivity index (χ3n) is 6.80. The molecular weight excluding hydrogens is 464 g/mol. The van der Waals surface area contributed by atoms with Crippen molar-refractivity contribution in [1.29, 1.82) is 0 Å². The molecule has 2 N–H and O–H groups in total. The minimum atomic E-state index is -0.910. The zero-order chi connectivity index (χ0) is 24.9. The molecule has 7 nitrogen and oxygen atoms in total. The normalized spacial score (nSPS) is 18.0. The topological polar surface area (TPSA) is 95.9 Å². The van der Waals surface area contributed by atoms with Gasteiger partial charge in [0.1, 0.15) is 6.61 Å². The predicted molar refractivity (Wildman–Crippen MR) is 137 cm³/mol. The smallest absolute Gasteiger partial charge is 0.407 e. The number of benzene rings is 2. The van der Waals surface area contributed by atoms with Crippen LogP contribution in [0.15, 0.2) is 48.5 Å². The van der Waals surface area contributed by atoms with Crippen LogP contribution in [0, 0.1) is 5.92 Å². The molecule has 2 aromatic carbocycles. The zero-order valence-corrected chi connectivity index (χ0v) is 20.9. The summed E-state index contributed by atoms with van der Waals surface area (Å²) in [4.78, 5) is 38.7. The first kappa shape index (κ1) is 25.1. The minimum absolute atomic E-state index is 0.0107. The number of ether oxygens (including phenoxy) is 1. The van der Waals surface area contributed by atoms with Crippen molar-refractivity contribution < 1.29 is 24.2 Å². The Kier molecular flexibility index (Phi) is 8.00. The van der Waals surface area contributed by atoms with Crippen molar-refractivity contribution >= 4 is 29.7 Å². The van der Waals surface area contributed by atoms with E-state index < -0.39 is 18.1 Å². The lowest BCUT2D eigenvalue weighted by Gasteiger charge is -2.36. The van der Waals surface area contributed by atoms with Gasteiger partial charge in [0, 0.05) is 36.4 Å². The van der Waals surface area contributed by atoms with Crippen LogP contribution in [0.1, 0.15) is 43.7 Å². The van der Waals surface area contributed by atoms with E-state index in [-0.39, 0.29) is 43.2 Å². The Morgan fingerprint density at radius 3 is 2.31 bits per heavy atom. The fourth-order valence-corrected chi connectivity index (χ4v) is 5.97. The van der Waals surface area contributed by atoms with E-state index in [0.29, 0.717) is 12.3 Å². The number of thioether (sulfide) groups is 1. The quantitative estimate of drug-likeness (QED) is 0.564. The van der Waals surface area contributed by atoms with Crippen LogP contribution >= 0.6 is 11.8 Å². The highest BCUT2D eigenvalue weighted by Crippen LogP contribution is 2.44. The van der Waals surface area contributed by atoms with Crippen LogP contribution in [0.25, 0.3) is 11.1 Å². The average molecular weight is 497 g/mol. The number of amides is 2. The number of alkyl carbamates (subject to hydrolysis) is 1. The van der Waals surface area contributed by atoms with E-state index in [1.165, 1.54) is 11.1 Å². The molecule has 2 atom stereocenters. The number of rotatable bonds is 8. The predicted octanol–water partition coefficient (Wildman–Crippen LogP) is 4.36. The number of carbonyl (C=O) groups excluding carboxylic acids is 2. The molecule has 0 spiro atoms. The van der Waals surface area contributed by atoms with Gasteiger partial charge in [0.05, 0.1) is 12.5 Å². The monoisotopic (exact) mass is 496 g/mol. The zero-order valence-electron chi connectivity index (χ0n) is 20.1. The maximum absolute atomic E-state index is 13.1. The van der Waals surface area contributed by atoms with Crippen molar-refractivity contribution in [3.8, 4) is 11.1 Å². The van der Waals surface area contributed by atoms with E-state index in [0.717, 1.165) is 16.9 Å². The number of aliphatic carboxylic acids is 1. The van der Waals surface area contributed by atoms with Crippen molar-refractivity contribution in [2.45, 2.75) is 44.7 Å². The van der Waals surface area contributed by atoms with Gasteiger partial charge in [0.15, 0.2) is 0 Å². The molecule has 8 heteroatoms. The molecule has 1 heterocycles. The van der Waals surface area contributed by atoms with Gasteiger partial charge in [-0.15, -0.1) is 0 Å². The fraction of sp³-hybridized carbons (Fsp3) is 0.444. The Morgan fingerprint density at radius 2 is 1.71 bits per heavy atom. The van der Waals surface area contributed by atoms with Crippen LogP contribution in [-0.4, -0.2) is 64.7 Å². The summed E-state index contributed by atoms with van der Waals surface area (Å²) < 4.78 is 5.67. The van der Waals surface area contributed by atoms with Gasteiger partial charge in [0.2, 0.25) is 5.91 Å². The number of hydrogen-bond donors (Lipinski definition) is 2. The molecule has 1 aliphatic heterocycles. The molecule has 2 aromatic rings. The van der Waals surface area contributed by atoms with Crippen LogP contribution in [-0.2, 0) is 14.3 Å². The average Bonchev–Trinajstić information content (AvgIpc) is 3.16. The SMILES string of the molecule is CC(C)[C@@H](CC(=O)N1CCSCC1CC(=O)O)NC(=O)OCC1c2ccccc2-c2ccccc21. The summed E-state index contributed by atoms with van der Waals surface area (Å²) in [6, 6.07) is 15.6. The van der Waals surface area contributed by atoms with Gasteiger partial charge in [-0.05, 0) is 28.2 Å². The van der Waals surface area contributed by atoms with Crippen molar-refractivity contribution in [1.82, 2.24) is 10.2 Å². The number of carboxylic acids is 1. The summed E-state index contributed by atoms with van der Waals surface area (Å²) in [6.07, 6.45) is -0.497. The second kappa shape index (κ2) is 11.2. The third-order valence-corrected chi connectivity index (χ3v) is 7.90. The molecule has 2 aliphatic rings. The lowest BCUT2D eigenvalue weighted by Crippen LogP contribution is -2.50. The molecule has 4 rings (SSSR count). The van der Waals surface area contributed by atoms with Crippen LogP contribution < -0.4 is 5.32 Å². The number of hydrogen-bond acceptors (Lipinski definition) is 5. The highest BCUT2D eigenvalue weighted by Gasteiger charge is 2.32. The summed E-state index contributed by atoms with van der Waals surface area (Å²) >= 11 is 1.66. The van der Waals surface area contributed by atoms with Gasteiger partial charge in [-0.1, -0.05) is 62.4 Å². The molecule has 1 saturated heterocycles. The summed E-state index contributed by atoms with van der Waals surface area (Å²) in [6.45, 7) is 4.63. The van der Waals surface area contributed by atoms with E-state index in [4.69, 9.17) is 4.74 Å². The molecule has 0 radical (unpaired) electrons. The van der Waals surface area contributed by atoms with Crippen molar-refractivity contribution in [2.24, 2.45) is 5.92 Å². The van der Waals surface area contributed by atoms with Crippen LogP contribution in [0.4, 0.5) is 4.79 Å². The molecule has 1 fully saturated rings. The molecule has 1 aliphatic carbocycles. The maximum Gasteiger partial charge on any atom is 0.407 e. The fourth-order valence-electron chi connectivity index (χ4n) is 4.90. The first-order valence-corrected chi connectivity index (χ1v) is 13.2. The molecular formula is C27H32N2O5S. The highest BCUT2D eigenvalue weighted by atomic mass is 32.2. The third kappa shape index (κ3) is 5.81. The summed E-state index contributed by atoms with van der Waals surface area (Å²) in [5, 5.41) is 12.1. The Bertz CT molecular complexity index is 1040. The minimum Gasteiger partial charge on any atom is -0.481 e. The number of nitrogens with zero attached hydrogens (tertiary/aromatic N) is 1. The number of nitrogens with one attached hydrogen (secondary N) is 1. The number of carboxylic acid groups (broad SMARTS) is 1. The van der Waals surface area contributed by atoms with E-state index in [9.17, 15) is 19.5 Å². The molecule has 0 bridgehead atoms.